The van der Waals surface area contributed by atoms with Crippen molar-refractivity contribution in [2.24, 2.45) is 11.7 Å². The van der Waals surface area contributed by atoms with Gasteiger partial charge in [0, 0.05) is 20.1 Å². The van der Waals surface area contributed by atoms with E-state index in [1.165, 1.54) is 4.31 Å². The fourth-order valence-electron chi connectivity index (χ4n) is 1.62. The number of rotatable bonds is 8. The third-order valence-electron chi connectivity index (χ3n) is 2.94. The number of nitrogens with two attached hydrogens (primary N) is 1. The number of hydrogen-bond acceptors (Lipinski definition) is 4. The second-order valence-corrected chi connectivity index (χ2v) is 7.16. The first kappa shape index (κ1) is 16.9. The quantitative estimate of drug-likeness (QED) is 0.793. The van der Waals surface area contributed by atoms with Crippen molar-refractivity contribution in [2.45, 2.75) is 25.2 Å². The van der Waals surface area contributed by atoms with E-state index >= 15 is 0 Å². The van der Waals surface area contributed by atoms with E-state index in [2.05, 4.69) is 13.8 Å². The molecule has 0 bridgehead atoms. The molecule has 0 aliphatic rings. The van der Waals surface area contributed by atoms with E-state index in [0.717, 1.165) is 6.42 Å². The molecule has 0 spiro atoms. The molecule has 20 heavy (non-hydrogen) atoms. The van der Waals surface area contributed by atoms with Gasteiger partial charge in [-0.3, -0.25) is 0 Å². The summed E-state index contributed by atoms with van der Waals surface area (Å²) in [6.07, 6.45) is 0.841. The summed E-state index contributed by atoms with van der Waals surface area (Å²) in [4.78, 5) is 0.281. The van der Waals surface area contributed by atoms with Crippen LogP contribution in [0.5, 0.6) is 5.75 Å². The lowest BCUT2D eigenvalue weighted by molar-refractivity contribution is 0.328. The third kappa shape index (κ3) is 4.77. The molecule has 114 valence electrons. The molecule has 1 rings (SSSR count). The Morgan fingerprint density at radius 2 is 1.85 bits per heavy atom. The van der Waals surface area contributed by atoms with Crippen molar-refractivity contribution in [3.8, 4) is 5.75 Å². The van der Waals surface area contributed by atoms with Gasteiger partial charge in [0.2, 0.25) is 10.0 Å². The second-order valence-electron chi connectivity index (χ2n) is 5.12. The molecule has 0 saturated heterocycles. The highest BCUT2D eigenvalue weighted by Gasteiger charge is 2.20. The second kappa shape index (κ2) is 7.61. The SMILES string of the molecule is CC(C)CCN(C)S(=O)(=O)c1ccc(OCCN)cc1. The molecule has 0 aliphatic carbocycles. The fraction of sp³-hybridized carbons (Fsp3) is 0.571. The molecule has 1 aromatic rings. The van der Waals surface area contributed by atoms with E-state index in [0.29, 0.717) is 31.4 Å². The zero-order valence-corrected chi connectivity index (χ0v) is 13.2. The van der Waals surface area contributed by atoms with Crippen molar-refractivity contribution in [1.82, 2.24) is 4.31 Å². The Morgan fingerprint density at radius 1 is 1.25 bits per heavy atom. The minimum atomic E-state index is -3.42. The monoisotopic (exact) mass is 300 g/mol. The van der Waals surface area contributed by atoms with Gasteiger partial charge in [0.25, 0.3) is 0 Å². The first-order valence-corrected chi connectivity index (χ1v) is 8.21. The van der Waals surface area contributed by atoms with Crippen LogP contribution in [0, 0.1) is 5.92 Å². The van der Waals surface area contributed by atoms with Crippen molar-refractivity contribution in [2.75, 3.05) is 26.7 Å². The van der Waals surface area contributed by atoms with E-state index in [1.54, 1.807) is 31.3 Å². The van der Waals surface area contributed by atoms with Crippen LogP contribution < -0.4 is 10.5 Å². The lowest BCUT2D eigenvalue weighted by Gasteiger charge is -2.18. The average molecular weight is 300 g/mol. The molecule has 6 heteroatoms. The van der Waals surface area contributed by atoms with Crippen LogP contribution in [0.3, 0.4) is 0 Å². The molecule has 0 atom stereocenters. The standard InChI is InChI=1S/C14H24N2O3S/c1-12(2)8-10-16(3)20(17,18)14-6-4-13(5-7-14)19-11-9-15/h4-7,12H,8-11,15H2,1-3H3. The molecule has 0 aromatic heterocycles. The molecule has 0 unspecified atom stereocenters. The highest BCUT2D eigenvalue weighted by atomic mass is 32.2. The zero-order valence-electron chi connectivity index (χ0n) is 12.4. The Labute approximate surface area is 121 Å². The third-order valence-corrected chi connectivity index (χ3v) is 4.81. The van der Waals surface area contributed by atoms with E-state index < -0.39 is 10.0 Å². The predicted octanol–water partition coefficient (Wildman–Crippen LogP) is 1.69. The zero-order chi connectivity index (χ0) is 15.2. The largest absolute Gasteiger partial charge is 0.492 e. The van der Waals surface area contributed by atoms with Crippen LogP contribution in [0.4, 0.5) is 0 Å². The van der Waals surface area contributed by atoms with Gasteiger partial charge in [0.05, 0.1) is 4.90 Å². The Hall–Kier alpha value is -1.11. The van der Waals surface area contributed by atoms with E-state index in [-0.39, 0.29) is 4.90 Å². The maximum atomic E-state index is 12.3. The minimum absolute atomic E-state index is 0.281. The van der Waals surface area contributed by atoms with Crippen molar-refractivity contribution >= 4 is 10.0 Å². The number of hydrogen-bond donors (Lipinski definition) is 1. The lowest BCUT2D eigenvalue weighted by Crippen LogP contribution is -2.28. The molecule has 5 nitrogen and oxygen atoms in total. The average Bonchev–Trinajstić information content (AvgIpc) is 2.42. The van der Waals surface area contributed by atoms with Crippen LogP contribution in [0.15, 0.2) is 29.2 Å². The van der Waals surface area contributed by atoms with Crippen molar-refractivity contribution < 1.29 is 13.2 Å². The summed E-state index contributed by atoms with van der Waals surface area (Å²) in [5, 5.41) is 0. The molecule has 0 saturated carbocycles. The Bertz CT molecular complexity index is 498. The van der Waals surface area contributed by atoms with Crippen LogP contribution in [0.25, 0.3) is 0 Å². The summed E-state index contributed by atoms with van der Waals surface area (Å²) in [5.74, 6) is 1.10. The Morgan fingerprint density at radius 3 is 2.35 bits per heavy atom. The number of ether oxygens (including phenoxy) is 1. The van der Waals surface area contributed by atoms with E-state index in [1.807, 2.05) is 0 Å². The first-order chi connectivity index (χ1) is 9.37. The van der Waals surface area contributed by atoms with Gasteiger partial charge in [-0.1, -0.05) is 13.8 Å². The van der Waals surface area contributed by atoms with Gasteiger partial charge in [-0.15, -0.1) is 0 Å². The van der Waals surface area contributed by atoms with Gasteiger partial charge in [0.15, 0.2) is 0 Å². The molecule has 2 N–H and O–H groups in total. The molecule has 0 radical (unpaired) electrons. The molecule has 0 fully saturated rings. The normalized spacial score (nSPS) is 12.1. The number of nitrogens with zero attached hydrogens (tertiary/aromatic N) is 1. The van der Waals surface area contributed by atoms with Crippen LogP contribution >= 0.6 is 0 Å². The highest BCUT2D eigenvalue weighted by molar-refractivity contribution is 7.89. The van der Waals surface area contributed by atoms with Gasteiger partial charge < -0.3 is 10.5 Å². The van der Waals surface area contributed by atoms with E-state index in [4.69, 9.17) is 10.5 Å². The fourth-order valence-corrected chi connectivity index (χ4v) is 2.81. The predicted molar refractivity (Wildman–Crippen MR) is 80.3 cm³/mol. The Kier molecular flexibility index (Phi) is 6.45. The molecule has 1 aromatic carbocycles. The van der Waals surface area contributed by atoms with E-state index in [9.17, 15) is 8.42 Å². The molecular formula is C14H24N2O3S. The van der Waals surface area contributed by atoms with Crippen LogP contribution in [0.1, 0.15) is 20.3 Å². The maximum Gasteiger partial charge on any atom is 0.242 e. The summed E-state index contributed by atoms with van der Waals surface area (Å²) < 4.78 is 31.4. The van der Waals surface area contributed by atoms with Gasteiger partial charge in [-0.05, 0) is 36.6 Å². The smallest absolute Gasteiger partial charge is 0.242 e. The highest BCUT2D eigenvalue weighted by Crippen LogP contribution is 2.19. The number of sulfonamides is 1. The van der Waals surface area contributed by atoms with Crippen molar-refractivity contribution in [3.63, 3.8) is 0 Å². The number of benzene rings is 1. The Balaban J connectivity index is 2.76. The van der Waals surface area contributed by atoms with Gasteiger partial charge in [0.1, 0.15) is 12.4 Å². The van der Waals surface area contributed by atoms with Gasteiger partial charge in [-0.25, -0.2) is 12.7 Å². The molecule has 0 heterocycles. The maximum absolute atomic E-state index is 12.3. The summed E-state index contributed by atoms with van der Waals surface area (Å²) in [5.41, 5.74) is 5.35. The van der Waals surface area contributed by atoms with Crippen LogP contribution in [0.2, 0.25) is 0 Å². The van der Waals surface area contributed by atoms with Crippen LogP contribution in [-0.4, -0.2) is 39.5 Å². The van der Waals surface area contributed by atoms with Crippen molar-refractivity contribution in [3.05, 3.63) is 24.3 Å². The van der Waals surface area contributed by atoms with Gasteiger partial charge in [-0.2, -0.15) is 0 Å². The molecule has 0 aliphatic heterocycles. The van der Waals surface area contributed by atoms with Crippen molar-refractivity contribution in [1.29, 1.82) is 0 Å². The summed E-state index contributed by atoms with van der Waals surface area (Å²) in [6, 6.07) is 6.43. The van der Waals surface area contributed by atoms with Crippen LogP contribution in [-0.2, 0) is 10.0 Å². The lowest BCUT2D eigenvalue weighted by atomic mass is 10.1. The minimum Gasteiger partial charge on any atom is -0.492 e. The molecule has 0 amide bonds. The summed E-state index contributed by atoms with van der Waals surface area (Å²) in [6.45, 7) is 5.51. The first-order valence-electron chi connectivity index (χ1n) is 6.77. The van der Waals surface area contributed by atoms with Gasteiger partial charge >= 0.3 is 0 Å². The summed E-state index contributed by atoms with van der Waals surface area (Å²) in [7, 11) is -1.81. The molecular weight excluding hydrogens is 276 g/mol. The topological polar surface area (TPSA) is 72.6 Å². The summed E-state index contributed by atoms with van der Waals surface area (Å²) >= 11 is 0.